The highest BCUT2D eigenvalue weighted by Gasteiger charge is 2.21. The second kappa shape index (κ2) is 9.63. The maximum absolute atomic E-state index is 12.1. The van der Waals surface area contributed by atoms with Crippen molar-refractivity contribution in [1.82, 2.24) is 15.5 Å². The Morgan fingerprint density at radius 3 is 2.43 bits per heavy atom. The molecule has 1 aliphatic rings. The maximum Gasteiger partial charge on any atom is 0.410 e. The largest absolute Gasteiger partial charge is 0.444 e. The molecule has 0 bridgehead atoms. The Morgan fingerprint density at radius 2 is 1.91 bits per heavy atom. The first-order valence-corrected chi connectivity index (χ1v) is 8.81. The highest BCUT2D eigenvalue weighted by molar-refractivity contribution is 5.80. The summed E-state index contributed by atoms with van der Waals surface area (Å²) in [7, 11) is 1.78. The Labute approximate surface area is 141 Å². The lowest BCUT2D eigenvalue weighted by molar-refractivity contribution is 0.0264. The molecule has 0 aromatic rings. The Hall–Kier alpha value is -1.46. The molecule has 6 nitrogen and oxygen atoms in total. The number of rotatable bonds is 5. The van der Waals surface area contributed by atoms with E-state index >= 15 is 0 Å². The van der Waals surface area contributed by atoms with Gasteiger partial charge in [0.25, 0.3) is 0 Å². The van der Waals surface area contributed by atoms with Gasteiger partial charge >= 0.3 is 6.09 Å². The van der Waals surface area contributed by atoms with Crippen LogP contribution in [0.15, 0.2) is 4.99 Å². The standard InChI is InChI=1S/C17H34N4O2/c1-6-21(16(22)23-17(2,3)4)13-12-19-15(18-5)20-14-10-8-7-9-11-14/h14H,6-13H2,1-5H3,(H2,18,19,20). The van der Waals surface area contributed by atoms with E-state index in [1.54, 1.807) is 11.9 Å². The zero-order valence-electron chi connectivity index (χ0n) is 15.4. The van der Waals surface area contributed by atoms with Crippen LogP contribution in [0.4, 0.5) is 4.79 Å². The number of likely N-dealkylation sites (N-methyl/N-ethyl adjacent to an activating group) is 1. The zero-order valence-corrected chi connectivity index (χ0v) is 15.4. The van der Waals surface area contributed by atoms with Gasteiger partial charge in [0.1, 0.15) is 5.60 Å². The summed E-state index contributed by atoms with van der Waals surface area (Å²) < 4.78 is 5.41. The second-order valence-corrected chi connectivity index (χ2v) is 7.04. The lowest BCUT2D eigenvalue weighted by Crippen LogP contribution is -2.47. The summed E-state index contributed by atoms with van der Waals surface area (Å²) in [5, 5.41) is 6.76. The molecule has 0 aromatic carbocycles. The predicted octanol–water partition coefficient (Wildman–Crippen LogP) is 2.74. The van der Waals surface area contributed by atoms with Crippen molar-refractivity contribution in [3.63, 3.8) is 0 Å². The third-order valence-electron chi connectivity index (χ3n) is 3.88. The van der Waals surface area contributed by atoms with Crippen LogP contribution in [0.5, 0.6) is 0 Å². The fourth-order valence-corrected chi connectivity index (χ4v) is 2.65. The van der Waals surface area contributed by atoms with E-state index in [1.807, 2.05) is 27.7 Å². The van der Waals surface area contributed by atoms with Crippen LogP contribution in [0.3, 0.4) is 0 Å². The van der Waals surface area contributed by atoms with Crippen LogP contribution in [0.25, 0.3) is 0 Å². The van der Waals surface area contributed by atoms with Gasteiger partial charge in [-0.3, -0.25) is 4.99 Å². The van der Waals surface area contributed by atoms with Crippen molar-refractivity contribution in [3.8, 4) is 0 Å². The van der Waals surface area contributed by atoms with E-state index in [0.29, 0.717) is 25.7 Å². The molecule has 2 N–H and O–H groups in total. The van der Waals surface area contributed by atoms with Crippen molar-refractivity contribution in [1.29, 1.82) is 0 Å². The minimum absolute atomic E-state index is 0.267. The van der Waals surface area contributed by atoms with Crippen LogP contribution >= 0.6 is 0 Å². The number of carbonyl (C=O) groups is 1. The highest BCUT2D eigenvalue weighted by atomic mass is 16.6. The molecule has 0 aromatic heterocycles. The SMILES string of the molecule is CCN(CCNC(=NC)NC1CCCCC1)C(=O)OC(C)(C)C. The summed E-state index contributed by atoms with van der Waals surface area (Å²) in [5.74, 6) is 0.817. The monoisotopic (exact) mass is 326 g/mol. The van der Waals surface area contributed by atoms with Crippen molar-refractivity contribution >= 4 is 12.1 Å². The third-order valence-corrected chi connectivity index (χ3v) is 3.88. The smallest absolute Gasteiger partial charge is 0.410 e. The van der Waals surface area contributed by atoms with E-state index in [-0.39, 0.29) is 6.09 Å². The molecule has 0 spiro atoms. The average molecular weight is 326 g/mol. The molecule has 0 aliphatic heterocycles. The summed E-state index contributed by atoms with van der Waals surface area (Å²) in [6, 6.07) is 0.517. The molecule has 1 rings (SSSR count). The first-order chi connectivity index (χ1) is 10.9. The van der Waals surface area contributed by atoms with Crippen LogP contribution in [-0.4, -0.2) is 55.3 Å². The number of hydrogen-bond donors (Lipinski definition) is 2. The quantitative estimate of drug-likeness (QED) is 0.602. The number of amides is 1. The van der Waals surface area contributed by atoms with Crippen molar-refractivity contribution < 1.29 is 9.53 Å². The molecular formula is C17H34N4O2. The Bertz CT molecular complexity index is 385. The molecule has 0 heterocycles. The molecule has 1 saturated carbocycles. The molecule has 0 unspecified atom stereocenters. The molecule has 134 valence electrons. The fourth-order valence-electron chi connectivity index (χ4n) is 2.65. The van der Waals surface area contributed by atoms with Crippen LogP contribution in [0.2, 0.25) is 0 Å². The molecule has 1 amide bonds. The van der Waals surface area contributed by atoms with Crippen LogP contribution < -0.4 is 10.6 Å². The Balaban J connectivity index is 2.35. The topological polar surface area (TPSA) is 66.0 Å². The van der Waals surface area contributed by atoms with Gasteiger partial charge in [-0.2, -0.15) is 0 Å². The molecule has 0 saturated heterocycles. The number of ether oxygens (including phenoxy) is 1. The minimum atomic E-state index is -0.462. The minimum Gasteiger partial charge on any atom is -0.444 e. The van der Waals surface area contributed by atoms with E-state index in [9.17, 15) is 4.79 Å². The first kappa shape index (κ1) is 19.6. The van der Waals surface area contributed by atoms with Gasteiger partial charge in [-0.15, -0.1) is 0 Å². The Morgan fingerprint density at radius 1 is 1.26 bits per heavy atom. The number of nitrogens with zero attached hydrogens (tertiary/aromatic N) is 2. The summed E-state index contributed by atoms with van der Waals surface area (Å²) >= 11 is 0. The molecule has 1 fully saturated rings. The Kier molecular flexibility index (Phi) is 8.20. The number of nitrogens with one attached hydrogen (secondary N) is 2. The van der Waals surface area contributed by atoms with Crippen molar-refractivity contribution in [2.24, 2.45) is 4.99 Å². The van der Waals surface area contributed by atoms with Gasteiger partial charge in [0, 0.05) is 32.7 Å². The summed E-state index contributed by atoms with van der Waals surface area (Å²) in [4.78, 5) is 18.1. The van der Waals surface area contributed by atoms with E-state index < -0.39 is 5.60 Å². The predicted molar refractivity (Wildman–Crippen MR) is 94.9 cm³/mol. The highest BCUT2D eigenvalue weighted by Crippen LogP contribution is 2.17. The molecule has 0 atom stereocenters. The van der Waals surface area contributed by atoms with Gasteiger partial charge in [-0.1, -0.05) is 19.3 Å². The second-order valence-electron chi connectivity index (χ2n) is 7.04. The van der Waals surface area contributed by atoms with Crippen molar-refractivity contribution in [2.45, 2.75) is 71.4 Å². The van der Waals surface area contributed by atoms with Gasteiger partial charge in [0.2, 0.25) is 0 Å². The first-order valence-electron chi connectivity index (χ1n) is 8.81. The van der Waals surface area contributed by atoms with E-state index in [0.717, 1.165) is 5.96 Å². The lowest BCUT2D eigenvalue weighted by Gasteiger charge is -2.27. The summed E-state index contributed by atoms with van der Waals surface area (Å²) in [6.45, 7) is 9.48. The summed E-state index contributed by atoms with van der Waals surface area (Å²) in [6.07, 6.45) is 6.07. The molecule has 23 heavy (non-hydrogen) atoms. The molecular weight excluding hydrogens is 292 g/mol. The van der Waals surface area contributed by atoms with Crippen LogP contribution in [-0.2, 0) is 4.74 Å². The van der Waals surface area contributed by atoms with E-state index in [1.165, 1.54) is 32.1 Å². The van der Waals surface area contributed by atoms with Gasteiger partial charge < -0.3 is 20.3 Å². The zero-order chi connectivity index (χ0) is 17.3. The number of guanidine groups is 1. The number of hydrogen-bond acceptors (Lipinski definition) is 3. The van der Waals surface area contributed by atoms with Gasteiger partial charge in [-0.25, -0.2) is 4.79 Å². The number of aliphatic imine (C=N–C) groups is 1. The summed E-state index contributed by atoms with van der Waals surface area (Å²) in [5.41, 5.74) is -0.462. The van der Waals surface area contributed by atoms with Gasteiger partial charge in [0.05, 0.1) is 0 Å². The van der Waals surface area contributed by atoms with Crippen molar-refractivity contribution in [3.05, 3.63) is 0 Å². The normalized spacial score (nSPS) is 16.8. The van der Waals surface area contributed by atoms with Crippen LogP contribution in [0, 0.1) is 0 Å². The number of carbonyl (C=O) groups excluding carboxylic acids is 1. The maximum atomic E-state index is 12.1. The van der Waals surface area contributed by atoms with E-state index in [4.69, 9.17) is 4.74 Å². The van der Waals surface area contributed by atoms with Gasteiger partial charge in [-0.05, 0) is 40.5 Å². The third kappa shape index (κ3) is 8.09. The molecule has 1 aliphatic carbocycles. The lowest BCUT2D eigenvalue weighted by atomic mass is 9.96. The van der Waals surface area contributed by atoms with Crippen molar-refractivity contribution in [2.75, 3.05) is 26.7 Å². The molecule has 6 heteroatoms. The van der Waals surface area contributed by atoms with E-state index in [2.05, 4.69) is 15.6 Å². The van der Waals surface area contributed by atoms with Gasteiger partial charge in [0.15, 0.2) is 5.96 Å². The fraction of sp³-hybridized carbons (Fsp3) is 0.882. The average Bonchev–Trinajstić information content (AvgIpc) is 2.49. The molecule has 0 radical (unpaired) electrons. The van der Waals surface area contributed by atoms with Crippen LogP contribution in [0.1, 0.15) is 59.8 Å².